The van der Waals surface area contributed by atoms with Crippen molar-refractivity contribution in [2.24, 2.45) is 0 Å². The number of amides is 2. The van der Waals surface area contributed by atoms with Gasteiger partial charge in [0.1, 0.15) is 6.42 Å². The van der Waals surface area contributed by atoms with Crippen molar-refractivity contribution < 1.29 is 14.3 Å². The zero-order valence-corrected chi connectivity index (χ0v) is 13.3. The molecule has 7 heteroatoms. The third-order valence-electron chi connectivity index (χ3n) is 2.68. The highest BCUT2D eigenvalue weighted by atomic mass is 35.5. The number of methoxy groups -OCH3 is 1. The lowest BCUT2D eigenvalue weighted by Crippen LogP contribution is -2.34. The number of nitrogens with one attached hydrogen (secondary N) is 2. The molecule has 1 rings (SSSR count). The fourth-order valence-corrected chi connectivity index (χ4v) is 2.13. The van der Waals surface area contributed by atoms with E-state index in [1.807, 2.05) is 6.07 Å². The molecular weight excluding hydrogens is 315 g/mol. The molecule has 1 aromatic carbocycles. The Bertz CT molecular complexity index is 495. The van der Waals surface area contributed by atoms with Gasteiger partial charge in [-0.25, -0.2) is 0 Å². The molecule has 0 aliphatic rings. The van der Waals surface area contributed by atoms with Gasteiger partial charge in [0.2, 0.25) is 11.8 Å². The standard InChI is InChI=1S/C14H18Cl2N2O3/c1-21-7-6-18-14(20)9-13(19)17-5-4-10-2-3-11(15)8-12(10)16/h2-3,8H,4-7,9H2,1H3,(H,17,19)(H,18,20). The Labute approximate surface area is 133 Å². The highest BCUT2D eigenvalue weighted by Gasteiger charge is 2.08. The van der Waals surface area contributed by atoms with Crippen LogP contribution in [0.5, 0.6) is 0 Å². The minimum Gasteiger partial charge on any atom is -0.383 e. The highest BCUT2D eigenvalue weighted by Crippen LogP contribution is 2.20. The molecule has 2 amide bonds. The van der Waals surface area contributed by atoms with Crippen LogP contribution in [0.15, 0.2) is 18.2 Å². The van der Waals surface area contributed by atoms with Crippen LogP contribution in [0, 0.1) is 0 Å². The van der Waals surface area contributed by atoms with Crippen molar-refractivity contribution in [2.75, 3.05) is 26.8 Å². The monoisotopic (exact) mass is 332 g/mol. The van der Waals surface area contributed by atoms with Crippen LogP contribution in [-0.2, 0) is 20.7 Å². The average Bonchev–Trinajstić information content (AvgIpc) is 2.41. The van der Waals surface area contributed by atoms with Gasteiger partial charge in [0.25, 0.3) is 0 Å². The van der Waals surface area contributed by atoms with Gasteiger partial charge in [0, 0.05) is 30.2 Å². The number of halogens is 2. The van der Waals surface area contributed by atoms with Crippen LogP contribution in [0.2, 0.25) is 10.0 Å². The van der Waals surface area contributed by atoms with Gasteiger partial charge in [0.15, 0.2) is 0 Å². The van der Waals surface area contributed by atoms with Crippen molar-refractivity contribution in [3.8, 4) is 0 Å². The van der Waals surface area contributed by atoms with Crippen LogP contribution in [-0.4, -0.2) is 38.6 Å². The molecule has 5 nitrogen and oxygen atoms in total. The Balaban J connectivity index is 2.25. The van der Waals surface area contributed by atoms with Crippen molar-refractivity contribution in [1.82, 2.24) is 10.6 Å². The van der Waals surface area contributed by atoms with E-state index < -0.39 is 0 Å². The van der Waals surface area contributed by atoms with Gasteiger partial charge in [0.05, 0.1) is 6.61 Å². The second-order valence-electron chi connectivity index (χ2n) is 4.36. The van der Waals surface area contributed by atoms with Gasteiger partial charge in [-0.15, -0.1) is 0 Å². The maximum atomic E-state index is 11.6. The van der Waals surface area contributed by atoms with E-state index in [-0.39, 0.29) is 18.2 Å². The molecule has 0 aliphatic heterocycles. The number of hydrogen-bond donors (Lipinski definition) is 2. The highest BCUT2D eigenvalue weighted by molar-refractivity contribution is 6.35. The Hall–Kier alpha value is -1.30. The number of ether oxygens (including phenoxy) is 1. The van der Waals surface area contributed by atoms with E-state index in [1.165, 1.54) is 0 Å². The molecule has 0 radical (unpaired) electrons. The maximum absolute atomic E-state index is 11.6. The second-order valence-corrected chi connectivity index (χ2v) is 5.20. The third-order valence-corrected chi connectivity index (χ3v) is 3.27. The zero-order valence-electron chi connectivity index (χ0n) is 11.7. The number of carbonyl (C=O) groups is 2. The number of hydrogen-bond acceptors (Lipinski definition) is 3. The van der Waals surface area contributed by atoms with Crippen LogP contribution >= 0.6 is 23.2 Å². The molecule has 0 fully saturated rings. The SMILES string of the molecule is COCCNC(=O)CC(=O)NCCc1ccc(Cl)cc1Cl. The minimum atomic E-state index is -0.325. The van der Waals surface area contributed by atoms with Gasteiger partial charge in [-0.3, -0.25) is 9.59 Å². The minimum absolute atomic E-state index is 0.196. The van der Waals surface area contributed by atoms with E-state index in [2.05, 4.69) is 10.6 Å². The summed E-state index contributed by atoms with van der Waals surface area (Å²) in [5, 5.41) is 6.38. The third kappa shape index (κ3) is 7.32. The van der Waals surface area contributed by atoms with Crippen LogP contribution in [0.1, 0.15) is 12.0 Å². The van der Waals surface area contributed by atoms with Crippen molar-refractivity contribution in [1.29, 1.82) is 0 Å². The molecule has 21 heavy (non-hydrogen) atoms. The number of benzene rings is 1. The van der Waals surface area contributed by atoms with Crippen molar-refractivity contribution in [3.63, 3.8) is 0 Å². The van der Waals surface area contributed by atoms with Crippen LogP contribution in [0.25, 0.3) is 0 Å². The Morgan fingerprint density at radius 3 is 2.43 bits per heavy atom. The molecule has 0 unspecified atom stereocenters. The summed E-state index contributed by atoms with van der Waals surface area (Å²) in [5.74, 6) is -0.649. The molecule has 0 saturated heterocycles. The van der Waals surface area contributed by atoms with E-state index in [9.17, 15) is 9.59 Å². The van der Waals surface area contributed by atoms with Crippen molar-refractivity contribution in [2.45, 2.75) is 12.8 Å². The fraction of sp³-hybridized carbons (Fsp3) is 0.429. The first-order valence-electron chi connectivity index (χ1n) is 6.49. The van der Waals surface area contributed by atoms with E-state index in [4.69, 9.17) is 27.9 Å². The van der Waals surface area contributed by atoms with Gasteiger partial charge in [-0.1, -0.05) is 29.3 Å². The van der Waals surface area contributed by atoms with Crippen LogP contribution < -0.4 is 10.6 Å². The molecule has 0 spiro atoms. The number of carbonyl (C=O) groups excluding carboxylic acids is 2. The summed E-state index contributed by atoms with van der Waals surface area (Å²) in [6.45, 7) is 1.22. The Morgan fingerprint density at radius 2 is 1.81 bits per heavy atom. The average molecular weight is 333 g/mol. The first-order chi connectivity index (χ1) is 10.0. The van der Waals surface area contributed by atoms with Crippen molar-refractivity contribution in [3.05, 3.63) is 33.8 Å². The van der Waals surface area contributed by atoms with Crippen LogP contribution in [0.3, 0.4) is 0 Å². The lowest BCUT2D eigenvalue weighted by atomic mass is 10.1. The summed E-state index contributed by atoms with van der Waals surface area (Å²) in [6.07, 6.45) is 0.380. The topological polar surface area (TPSA) is 67.4 Å². The second kappa shape index (κ2) is 9.60. The predicted molar refractivity (Wildman–Crippen MR) is 82.7 cm³/mol. The summed E-state index contributed by atoms with van der Waals surface area (Å²) in [6, 6.07) is 5.21. The summed E-state index contributed by atoms with van der Waals surface area (Å²) < 4.78 is 4.79. The molecule has 0 aliphatic carbocycles. The van der Waals surface area contributed by atoms with Gasteiger partial charge in [-0.2, -0.15) is 0 Å². The summed E-state index contributed by atoms with van der Waals surface area (Å²) in [7, 11) is 1.54. The maximum Gasteiger partial charge on any atom is 0.229 e. The van der Waals surface area contributed by atoms with E-state index in [1.54, 1.807) is 19.2 Å². The van der Waals surface area contributed by atoms with E-state index in [0.717, 1.165) is 5.56 Å². The first-order valence-corrected chi connectivity index (χ1v) is 7.24. The van der Waals surface area contributed by atoms with Gasteiger partial charge in [-0.05, 0) is 24.1 Å². The first kappa shape index (κ1) is 17.8. The van der Waals surface area contributed by atoms with Gasteiger partial charge >= 0.3 is 0 Å². The molecule has 0 atom stereocenters. The smallest absolute Gasteiger partial charge is 0.229 e. The van der Waals surface area contributed by atoms with Crippen LogP contribution in [0.4, 0.5) is 0 Å². The Morgan fingerprint density at radius 1 is 1.14 bits per heavy atom. The summed E-state index contributed by atoms with van der Waals surface area (Å²) >= 11 is 11.8. The van der Waals surface area contributed by atoms with E-state index >= 15 is 0 Å². The molecule has 0 aromatic heterocycles. The molecule has 0 saturated carbocycles. The molecule has 0 bridgehead atoms. The van der Waals surface area contributed by atoms with Gasteiger partial charge < -0.3 is 15.4 Å². The number of rotatable bonds is 8. The largest absolute Gasteiger partial charge is 0.383 e. The fourth-order valence-electron chi connectivity index (χ4n) is 1.62. The lowest BCUT2D eigenvalue weighted by Gasteiger charge is -2.07. The predicted octanol–water partition coefficient (Wildman–Crippen LogP) is 1.80. The zero-order chi connectivity index (χ0) is 15.7. The van der Waals surface area contributed by atoms with E-state index in [0.29, 0.717) is 36.2 Å². The lowest BCUT2D eigenvalue weighted by molar-refractivity contribution is -0.129. The molecule has 2 N–H and O–H groups in total. The van der Waals surface area contributed by atoms with Crippen molar-refractivity contribution >= 4 is 35.0 Å². The molecule has 0 heterocycles. The Kier molecular flexibility index (Phi) is 8.12. The summed E-state index contributed by atoms with van der Waals surface area (Å²) in [4.78, 5) is 22.9. The molecule has 1 aromatic rings. The normalized spacial score (nSPS) is 10.2. The summed E-state index contributed by atoms with van der Waals surface area (Å²) in [5.41, 5.74) is 0.894. The molecule has 116 valence electrons. The molecular formula is C14H18Cl2N2O3. The quantitative estimate of drug-likeness (QED) is 0.563.